The predicted octanol–water partition coefficient (Wildman–Crippen LogP) is 1.33. The van der Waals surface area contributed by atoms with E-state index in [0.29, 0.717) is 23.4 Å². The Labute approximate surface area is 117 Å². The Morgan fingerprint density at radius 1 is 1.45 bits per heavy atom. The molecule has 0 aromatic carbocycles. The minimum atomic E-state index is -0.887. The lowest BCUT2D eigenvalue weighted by molar-refractivity contribution is -0.137. The van der Waals surface area contributed by atoms with E-state index in [4.69, 9.17) is 5.11 Å². The van der Waals surface area contributed by atoms with Gasteiger partial charge < -0.3 is 10.4 Å². The SMILES string of the molecule is CCc1nnc(C)cc1C(=O)NC(CC(=O)O)C1CC1. The van der Waals surface area contributed by atoms with Crippen LogP contribution in [0.25, 0.3) is 0 Å². The van der Waals surface area contributed by atoms with Crippen molar-refractivity contribution in [3.05, 3.63) is 23.0 Å². The van der Waals surface area contributed by atoms with Crippen LogP contribution in [0.5, 0.6) is 0 Å². The highest BCUT2D eigenvalue weighted by Gasteiger charge is 2.34. The van der Waals surface area contributed by atoms with Crippen LogP contribution in [0.4, 0.5) is 0 Å². The summed E-state index contributed by atoms with van der Waals surface area (Å²) < 4.78 is 0. The molecule has 0 saturated heterocycles. The van der Waals surface area contributed by atoms with Crippen LogP contribution in [0.3, 0.4) is 0 Å². The van der Waals surface area contributed by atoms with Crippen molar-refractivity contribution in [2.24, 2.45) is 5.92 Å². The fraction of sp³-hybridized carbons (Fsp3) is 0.571. The molecule has 1 fully saturated rings. The number of aliphatic carboxylic acids is 1. The van der Waals surface area contributed by atoms with Gasteiger partial charge in [0.25, 0.3) is 5.91 Å². The van der Waals surface area contributed by atoms with E-state index in [-0.39, 0.29) is 24.3 Å². The zero-order valence-corrected chi connectivity index (χ0v) is 11.7. The third-order valence-corrected chi connectivity index (χ3v) is 3.47. The smallest absolute Gasteiger partial charge is 0.305 e. The van der Waals surface area contributed by atoms with Gasteiger partial charge in [-0.3, -0.25) is 9.59 Å². The molecule has 1 aliphatic rings. The van der Waals surface area contributed by atoms with Gasteiger partial charge in [-0.2, -0.15) is 10.2 Å². The van der Waals surface area contributed by atoms with Crippen molar-refractivity contribution >= 4 is 11.9 Å². The molecule has 108 valence electrons. The maximum absolute atomic E-state index is 12.3. The molecular weight excluding hydrogens is 258 g/mol. The van der Waals surface area contributed by atoms with E-state index in [0.717, 1.165) is 12.8 Å². The third-order valence-electron chi connectivity index (χ3n) is 3.47. The van der Waals surface area contributed by atoms with Crippen LogP contribution in [0, 0.1) is 12.8 Å². The molecule has 1 saturated carbocycles. The second kappa shape index (κ2) is 5.98. The Morgan fingerprint density at radius 2 is 2.15 bits per heavy atom. The van der Waals surface area contributed by atoms with Crippen LogP contribution < -0.4 is 5.32 Å². The van der Waals surface area contributed by atoms with Crippen molar-refractivity contribution in [2.75, 3.05) is 0 Å². The monoisotopic (exact) mass is 277 g/mol. The summed E-state index contributed by atoms with van der Waals surface area (Å²) in [5.74, 6) is -0.851. The first-order chi connectivity index (χ1) is 9.51. The van der Waals surface area contributed by atoms with Crippen LogP contribution >= 0.6 is 0 Å². The zero-order chi connectivity index (χ0) is 14.7. The first-order valence-electron chi connectivity index (χ1n) is 6.87. The standard InChI is InChI=1S/C14H19N3O3/c1-3-11-10(6-8(2)16-17-11)14(20)15-12(7-13(18)19)9-4-5-9/h6,9,12H,3-5,7H2,1-2H3,(H,15,20)(H,18,19). The first-order valence-corrected chi connectivity index (χ1v) is 6.87. The Morgan fingerprint density at radius 3 is 2.70 bits per heavy atom. The molecule has 2 rings (SSSR count). The van der Waals surface area contributed by atoms with E-state index in [1.165, 1.54) is 0 Å². The topological polar surface area (TPSA) is 92.2 Å². The van der Waals surface area contributed by atoms with E-state index in [2.05, 4.69) is 15.5 Å². The van der Waals surface area contributed by atoms with Gasteiger partial charge in [0, 0.05) is 6.04 Å². The van der Waals surface area contributed by atoms with Crippen LogP contribution in [0.2, 0.25) is 0 Å². The maximum Gasteiger partial charge on any atom is 0.305 e. The molecule has 1 unspecified atom stereocenters. The van der Waals surface area contributed by atoms with Gasteiger partial charge in [0.05, 0.1) is 23.4 Å². The van der Waals surface area contributed by atoms with Gasteiger partial charge in [-0.1, -0.05) is 6.92 Å². The van der Waals surface area contributed by atoms with E-state index in [9.17, 15) is 9.59 Å². The average molecular weight is 277 g/mol. The lowest BCUT2D eigenvalue weighted by atomic mass is 10.1. The number of carbonyl (C=O) groups is 2. The number of carbonyl (C=O) groups excluding carboxylic acids is 1. The van der Waals surface area contributed by atoms with Gasteiger partial charge in [0.15, 0.2) is 0 Å². The van der Waals surface area contributed by atoms with Crippen LogP contribution in [0.1, 0.15) is 47.9 Å². The number of nitrogens with one attached hydrogen (secondary N) is 1. The number of nitrogens with zero attached hydrogens (tertiary/aromatic N) is 2. The predicted molar refractivity (Wildman–Crippen MR) is 72.4 cm³/mol. The van der Waals surface area contributed by atoms with Crippen molar-refractivity contribution in [2.45, 2.75) is 45.6 Å². The molecule has 0 radical (unpaired) electrons. The fourth-order valence-corrected chi connectivity index (χ4v) is 2.24. The summed E-state index contributed by atoms with van der Waals surface area (Å²) in [6, 6.07) is 1.41. The van der Waals surface area contributed by atoms with Crippen LogP contribution in [-0.4, -0.2) is 33.2 Å². The number of hydrogen-bond acceptors (Lipinski definition) is 4. The molecule has 1 aromatic rings. The maximum atomic E-state index is 12.3. The molecule has 0 aliphatic heterocycles. The number of carboxylic acid groups (broad SMARTS) is 1. The minimum absolute atomic E-state index is 0.0324. The normalized spacial score (nSPS) is 15.7. The molecule has 1 heterocycles. The molecule has 0 bridgehead atoms. The lowest BCUT2D eigenvalue weighted by Gasteiger charge is -2.17. The molecule has 1 amide bonds. The first kappa shape index (κ1) is 14.4. The molecule has 1 aliphatic carbocycles. The van der Waals surface area contributed by atoms with Crippen molar-refractivity contribution < 1.29 is 14.7 Å². The number of hydrogen-bond donors (Lipinski definition) is 2. The molecular formula is C14H19N3O3. The average Bonchev–Trinajstić information content (AvgIpc) is 3.21. The number of amides is 1. The molecule has 1 aromatic heterocycles. The second-order valence-corrected chi connectivity index (χ2v) is 5.21. The summed E-state index contributed by atoms with van der Waals surface area (Å²) in [7, 11) is 0. The van der Waals surface area contributed by atoms with E-state index >= 15 is 0 Å². The number of rotatable bonds is 6. The molecule has 2 N–H and O–H groups in total. The highest BCUT2D eigenvalue weighted by atomic mass is 16.4. The summed E-state index contributed by atoms with van der Waals surface area (Å²) in [4.78, 5) is 23.2. The number of carboxylic acids is 1. The molecule has 6 heteroatoms. The minimum Gasteiger partial charge on any atom is -0.481 e. The Balaban J connectivity index is 2.13. The molecule has 0 spiro atoms. The van der Waals surface area contributed by atoms with Gasteiger partial charge in [-0.15, -0.1) is 0 Å². The van der Waals surface area contributed by atoms with Crippen molar-refractivity contribution in [3.63, 3.8) is 0 Å². The van der Waals surface area contributed by atoms with Gasteiger partial charge in [0.2, 0.25) is 0 Å². The van der Waals surface area contributed by atoms with Gasteiger partial charge >= 0.3 is 5.97 Å². The van der Waals surface area contributed by atoms with Crippen LogP contribution in [0.15, 0.2) is 6.07 Å². The second-order valence-electron chi connectivity index (χ2n) is 5.21. The summed E-state index contributed by atoms with van der Waals surface area (Å²) >= 11 is 0. The number of aryl methyl sites for hydroxylation is 2. The van der Waals surface area contributed by atoms with Crippen LogP contribution in [-0.2, 0) is 11.2 Å². The van der Waals surface area contributed by atoms with Crippen molar-refractivity contribution in [1.82, 2.24) is 15.5 Å². The van der Waals surface area contributed by atoms with Gasteiger partial charge in [-0.25, -0.2) is 0 Å². The Hall–Kier alpha value is -1.98. The fourth-order valence-electron chi connectivity index (χ4n) is 2.24. The summed E-state index contributed by atoms with van der Waals surface area (Å²) in [6.45, 7) is 3.69. The largest absolute Gasteiger partial charge is 0.481 e. The van der Waals surface area contributed by atoms with Crippen molar-refractivity contribution in [1.29, 1.82) is 0 Å². The van der Waals surface area contributed by atoms with E-state index in [1.54, 1.807) is 13.0 Å². The summed E-state index contributed by atoms with van der Waals surface area (Å²) in [5.41, 5.74) is 1.81. The van der Waals surface area contributed by atoms with Gasteiger partial charge in [-0.05, 0) is 38.2 Å². The zero-order valence-electron chi connectivity index (χ0n) is 11.7. The molecule has 20 heavy (non-hydrogen) atoms. The van der Waals surface area contributed by atoms with E-state index < -0.39 is 5.97 Å². The van der Waals surface area contributed by atoms with Gasteiger partial charge in [0.1, 0.15) is 0 Å². The quantitative estimate of drug-likeness (QED) is 0.818. The molecule has 6 nitrogen and oxygen atoms in total. The highest BCUT2D eigenvalue weighted by Crippen LogP contribution is 2.34. The Kier molecular flexibility index (Phi) is 4.32. The van der Waals surface area contributed by atoms with E-state index in [1.807, 2.05) is 6.92 Å². The highest BCUT2D eigenvalue weighted by molar-refractivity contribution is 5.95. The lowest BCUT2D eigenvalue weighted by Crippen LogP contribution is -2.38. The summed E-state index contributed by atoms with van der Waals surface area (Å²) in [6.07, 6.45) is 2.54. The van der Waals surface area contributed by atoms with Crippen molar-refractivity contribution in [3.8, 4) is 0 Å². The summed E-state index contributed by atoms with van der Waals surface area (Å²) in [5, 5.41) is 19.7. The third kappa shape index (κ3) is 3.53. The molecule has 1 atom stereocenters. The number of aromatic nitrogens is 2. The Bertz CT molecular complexity index is 526.